The van der Waals surface area contributed by atoms with Crippen LogP contribution in [0.25, 0.3) is 5.69 Å². The minimum absolute atomic E-state index is 0.0168. The molecule has 0 radical (unpaired) electrons. The maximum atomic E-state index is 6.62. The number of morpholine rings is 1. The monoisotopic (exact) mass is 543 g/mol. The molecule has 0 saturated carbocycles. The molecule has 2 aliphatic heterocycles. The van der Waals surface area contributed by atoms with Crippen molar-refractivity contribution in [2.24, 2.45) is 0 Å². The highest BCUT2D eigenvalue weighted by Crippen LogP contribution is 2.42. The van der Waals surface area contributed by atoms with E-state index in [-0.39, 0.29) is 12.1 Å². The number of aromatic nitrogens is 2. The van der Waals surface area contributed by atoms with E-state index in [1.807, 2.05) is 30.5 Å². The number of benzene rings is 1. The van der Waals surface area contributed by atoms with Crippen LogP contribution in [-0.4, -0.2) is 63.9 Å². The number of aryl methyl sites for hydroxylation is 1. The molecule has 1 aromatic carbocycles. The highest BCUT2D eigenvalue weighted by Gasteiger charge is 2.41. The van der Waals surface area contributed by atoms with Gasteiger partial charge in [0.2, 0.25) is 0 Å². The molecule has 0 unspecified atom stereocenters. The van der Waals surface area contributed by atoms with Crippen LogP contribution in [0.4, 0.5) is 0 Å². The van der Waals surface area contributed by atoms with Gasteiger partial charge >= 0.3 is 0 Å². The van der Waals surface area contributed by atoms with E-state index in [0.29, 0.717) is 10.0 Å². The second-order valence-electron chi connectivity index (χ2n) is 9.39. The summed E-state index contributed by atoms with van der Waals surface area (Å²) < 4.78 is 7.71. The third-order valence-electron chi connectivity index (χ3n) is 7.11. The molecule has 2 aromatic heterocycles. The summed E-state index contributed by atoms with van der Waals surface area (Å²) in [6.45, 7) is 9.76. The number of ether oxygens (including phenoxy) is 1. The highest BCUT2D eigenvalue weighted by molar-refractivity contribution is 7.80. The van der Waals surface area contributed by atoms with Gasteiger partial charge in [0.05, 0.1) is 41.7 Å². The molecule has 190 valence electrons. The van der Waals surface area contributed by atoms with Crippen LogP contribution in [0.3, 0.4) is 0 Å². The smallest absolute Gasteiger partial charge is 0.170 e. The number of halogens is 2. The Balaban J connectivity index is 1.49. The second kappa shape index (κ2) is 11.1. The normalized spacial score (nSPS) is 20.7. The van der Waals surface area contributed by atoms with Gasteiger partial charge in [-0.3, -0.25) is 9.88 Å². The molecule has 0 spiro atoms. The summed E-state index contributed by atoms with van der Waals surface area (Å²) in [5, 5.41) is 5.60. The zero-order chi connectivity index (χ0) is 25.2. The van der Waals surface area contributed by atoms with Gasteiger partial charge in [0.15, 0.2) is 5.11 Å². The number of nitrogens with one attached hydrogen (secondary N) is 1. The van der Waals surface area contributed by atoms with Crippen LogP contribution >= 0.6 is 35.4 Å². The quantitative estimate of drug-likeness (QED) is 0.397. The lowest BCUT2D eigenvalue weighted by molar-refractivity contribution is 0.0365. The maximum Gasteiger partial charge on any atom is 0.170 e. The Hall–Kier alpha value is -2.16. The topological polar surface area (TPSA) is 45.6 Å². The van der Waals surface area contributed by atoms with Gasteiger partial charge in [-0.2, -0.15) is 0 Å². The summed E-state index contributed by atoms with van der Waals surface area (Å²) in [5.74, 6) is 0. The van der Waals surface area contributed by atoms with E-state index in [2.05, 4.69) is 50.6 Å². The van der Waals surface area contributed by atoms with E-state index in [0.717, 1.165) is 73.7 Å². The molecule has 5 rings (SSSR count). The van der Waals surface area contributed by atoms with Crippen molar-refractivity contribution < 1.29 is 4.74 Å². The summed E-state index contributed by atoms with van der Waals surface area (Å²) in [5.41, 5.74) is 5.36. The first kappa shape index (κ1) is 25.5. The fourth-order valence-electron chi connectivity index (χ4n) is 5.39. The zero-order valence-electron chi connectivity index (χ0n) is 20.6. The first-order chi connectivity index (χ1) is 17.4. The summed E-state index contributed by atoms with van der Waals surface area (Å²) in [6.07, 6.45) is 2.87. The number of hydrogen-bond donors (Lipinski definition) is 1. The molecule has 6 nitrogen and oxygen atoms in total. The Bertz CT molecular complexity index is 1230. The molecule has 9 heteroatoms. The minimum atomic E-state index is -0.0447. The van der Waals surface area contributed by atoms with Crippen molar-refractivity contribution in [2.45, 2.75) is 32.4 Å². The highest BCUT2D eigenvalue weighted by atomic mass is 35.5. The van der Waals surface area contributed by atoms with Crippen LogP contribution in [-0.2, 0) is 4.74 Å². The first-order valence-electron chi connectivity index (χ1n) is 12.4. The van der Waals surface area contributed by atoms with E-state index in [1.54, 1.807) is 6.07 Å². The Morgan fingerprint density at radius 2 is 1.89 bits per heavy atom. The number of hydrogen-bond acceptors (Lipinski definition) is 4. The maximum absolute atomic E-state index is 6.62. The second-order valence-corrected chi connectivity index (χ2v) is 10.6. The lowest BCUT2D eigenvalue weighted by Gasteiger charge is -2.30. The van der Waals surface area contributed by atoms with Gasteiger partial charge in [0, 0.05) is 48.8 Å². The summed E-state index contributed by atoms with van der Waals surface area (Å²) in [4.78, 5) is 9.49. The van der Waals surface area contributed by atoms with Crippen molar-refractivity contribution in [3.63, 3.8) is 0 Å². The summed E-state index contributed by atoms with van der Waals surface area (Å²) in [7, 11) is 0. The lowest BCUT2D eigenvalue weighted by atomic mass is 9.96. The Labute approximate surface area is 228 Å². The predicted molar refractivity (Wildman–Crippen MR) is 149 cm³/mol. The van der Waals surface area contributed by atoms with E-state index in [9.17, 15) is 0 Å². The molecular weight excluding hydrogens is 513 g/mol. The van der Waals surface area contributed by atoms with E-state index < -0.39 is 0 Å². The summed E-state index contributed by atoms with van der Waals surface area (Å²) in [6, 6.07) is 13.9. The van der Waals surface area contributed by atoms with Crippen molar-refractivity contribution in [3.05, 3.63) is 81.4 Å². The van der Waals surface area contributed by atoms with Gasteiger partial charge in [0.25, 0.3) is 0 Å². The standard InChI is InChI=1S/C27H31Cl2N5OS/c1-18-16-21(19(2)34(18)24-8-7-20(28)17-22(24)29)26-25(23-6-3-4-9-30-23)31-27(36)33(26)11-5-10-32-12-14-35-15-13-32/h3-4,6-9,16-17,25-26H,5,10-15H2,1-2H3,(H,31,36)/t25-,26-/m0/s1. The van der Waals surface area contributed by atoms with Crippen molar-refractivity contribution in [2.75, 3.05) is 39.4 Å². The summed E-state index contributed by atoms with van der Waals surface area (Å²) >= 11 is 18.7. The molecule has 3 aromatic rings. The van der Waals surface area contributed by atoms with Gasteiger partial charge < -0.3 is 19.5 Å². The number of rotatable bonds is 7. The van der Waals surface area contributed by atoms with Crippen molar-refractivity contribution in [3.8, 4) is 5.69 Å². The third-order valence-corrected chi connectivity index (χ3v) is 8.00. The Morgan fingerprint density at radius 1 is 1.08 bits per heavy atom. The molecule has 0 aliphatic carbocycles. The van der Waals surface area contributed by atoms with Crippen molar-refractivity contribution in [1.82, 2.24) is 24.7 Å². The fraction of sp³-hybridized carbons (Fsp3) is 0.407. The van der Waals surface area contributed by atoms with Crippen LogP contribution in [0.5, 0.6) is 0 Å². The van der Waals surface area contributed by atoms with Crippen molar-refractivity contribution >= 4 is 40.5 Å². The van der Waals surface area contributed by atoms with Gasteiger partial charge in [-0.15, -0.1) is 0 Å². The molecule has 36 heavy (non-hydrogen) atoms. The molecule has 0 bridgehead atoms. The Kier molecular flexibility index (Phi) is 7.84. The van der Waals surface area contributed by atoms with E-state index >= 15 is 0 Å². The average molecular weight is 545 g/mol. The molecule has 2 aliphatic rings. The number of nitrogens with zero attached hydrogens (tertiary/aromatic N) is 4. The molecule has 1 N–H and O–H groups in total. The molecular formula is C27H31Cl2N5OS. The van der Waals surface area contributed by atoms with Crippen LogP contribution < -0.4 is 5.32 Å². The van der Waals surface area contributed by atoms with Gasteiger partial charge in [-0.25, -0.2) is 0 Å². The van der Waals surface area contributed by atoms with Crippen LogP contribution in [0.15, 0.2) is 48.7 Å². The third kappa shape index (κ3) is 5.13. The zero-order valence-corrected chi connectivity index (χ0v) is 22.9. The van der Waals surface area contributed by atoms with Gasteiger partial charge in [-0.05, 0) is 74.4 Å². The number of pyridine rings is 1. The van der Waals surface area contributed by atoms with Gasteiger partial charge in [-0.1, -0.05) is 29.3 Å². The van der Waals surface area contributed by atoms with Crippen LogP contribution in [0.1, 0.15) is 41.1 Å². The van der Waals surface area contributed by atoms with Crippen LogP contribution in [0.2, 0.25) is 10.0 Å². The molecule has 2 atom stereocenters. The fourth-order valence-corrected chi connectivity index (χ4v) is 6.22. The van der Waals surface area contributed by atoms with E-state index in [1.165, 1.54) is 5.56 Å². The number of thiocarbonyl (C=S) groups is 1. The molecule has 2 fully saturated rings. The average Bonchev–Trinajstić information content (AvgIpc) is 3.35. The molecule has 2 saturated heterocycles. The predicted octanol–water partition coefficient (Wildman–Crippen LogP) is 5.49. The molecule has 4 heterocycles. The minimum Gasteiger partial charge on any atom is -0.379 e. The van der Waals surface area contributed by atoms with Crippen LogP contribution in [0, 0.1) is 13.8 Å². The van der Waals surface area contributed by atoms with E-state index in [4.69, 9.17) is 40.2 Å². The van der Waals surface area contributed by atoms with Gasteiger partial charge in [0.1, 0.15) is 0 Å². The first-order valence-corrected chi connectivity index (χ1v) is 13.5. The largest absolute Gasteiger partial charge is 0.379 e. The Morgan fingerprint density at radius 3 is 2.61 bits per heavy atom. The lowest BCUT2D eigenvalue weighted by Crippen LogP contribution is -2.39. The molecule has 0 amide bonds. The van der Waals surface area contributed by atoms with Crippen molar-refractivity contribution in [1.29, 1.82) is 0 Å². The SMILES string of the molecule is Cc1cc([C@H]2[C@H](c3ccccn3)NC(=S)N2CCCN2CCOCC2)c(C)n1-c1ccc(Cl)cc1Cl.